The molecule has 0 aliphatic heterocycles. The van der Waals surface area contributed by atoms with Gasteiger partial charge in [-0.3, -0.25) is 9.89 Å². The second kappa shape index (κ2) is 7.67. The topological polar surface area (TPSA) is 75.0 Å². The number of hydrogen-bond donors (Lipinski definition) is 1. The highest BCUT2D eigenvalue weighted by molar-refractivity contribution is 9.10. The molecule has 0 atom stereocenters. The maximum absolute atomic E-state index is 12.2. The Hall–Kier alpha value is -2.06. The van der Waals surface area contributed by atoms with Gasteiger partial charge in [0.1, 0.15) is 17.8 Å². The van der Waals surface area contributed by atoms with E-state index in [2.05, 4.69) is 31.1 Å². The van der Waals surface area contributed by atoms with Gasteiger partial charge in [-0.15, -0.1) is 0 Å². The Morgan fingerprint density at radius 2 is 2.08 bits per heavy atom. The van der Waals surface area contributed by atoms with Crippen LogP contribution in [0, 0.1) is 0 Å². The van der Waals surface area contributed by atoms with Gasteiger partial charge in [-0.2, -0.15) is 5.10 Å². The predicted octanol–water partition coefficient (Wildman–Crippen LogP) is 3.58. The Balaban J connectivity index is 1.57. The summed E-state index contributed by atoms with van der Waals surface area (Å²) in [6.45, 7) is 0.423. The van der Waals surface area contributed by atoms with E-state index in [1.54, 1.807) is 11.9 Å². The van der Waals surface area contributed by atoms with Crippen molar-refractivity contribution in [3.63, 3.8) is 0 Å². The molecule has 24 heavy (non-hydrogen) atoms. The number of H-pyrrole nitrogens is 1. The quantitative estimate of drug-likeness (QED) is 0.633. The Labute approximate surface area is 151 Å². The Bertz CT molecular complexity index is 802. The van der Waals surface area contributed by atoms with Crippen LogP contribution in [0.5, 0.6) is 0 Å². The van der Waals surface area contributed by atoms with E-state index in [9.17, 15) is 4.79 Å². The second-order valence-corrected chi connectivity index (χ2v) is 6.98. The lowest BCUT2D eigenvalue weighted by Gasteiger charge is -2.14. The number of rotatable bonds is 6. The molecule has 0 spiro atoms. The lowest BCUT2D eigenvalue weighted by Crippen LogP contribution is -2.27. The first-order valence-electron chi connectivity index (χ1n) is 7.18. The number of carbonyl (C=O) groups is 1. The third-order valence-corrected chi connectivity index (χ3v) is 4.72. The van der Waals surface area contributed by atoms with Gasteiger partial charge >= 0.3 is 0 Å². The van der Waals surface area contributed by atoms with Gasteiger partial charge in [0.25, 0.3) is 0 Å². The zero-order valence-electron chi connectivity index (χ0n) is 12.9. The van der Waals surface area contributed by atoms with E-state index in [-0.39, 0.29) is 5.91 Å². The fourth-order valence-corrected chi connectivity index (χ4v) is 3.04. The standard InChI is InChI=1S/C16H15BrN4O2S/c1-21(15(22)9-24-16-18-10-19-20-16)8-13-6-7-14(23-13)11-2-4-12(17)5-3-11/h2-7,10H,8-9H2,1H3,(H,18,19,20). The lowest BCUT2D eigenvalue weighted by atomic mass is 10.2. The van der Waals surface area contributed by atoms with Crippen LogP contribution in [0.1, 0.15) is 5.76 Å². The summed E-state index contributed by atoms with van der Waals surface area (Å²) in [5, 5.41) is 7.10. The summed E-state index contributed by atoms with van der Waals surface area (Å²) in [5.74, 6) is 1.83. The summed E-state index contributed by atoms with van der Waals surface area (Å²) in [7, 11) is 1.76. The largest absolute Gasteiger partial charge is 0.459 e. The Morgan fingerprint density at radius 1 is 1.29 bits per heavy atom. The zero-order chi connectivity index (χ0) is 16.9. The number of carbonyl (C=O) groups excluding carboxylic acids is 1. The average Bonchev–Trinajstić information content (AvgIpc) is 3.25. The monoisotopic (exact) mass is 406 g/mol. The molecule has 0 fully saturated rings. The van der Waals surface area contributed by atoms with Gasteiger partial charge in [0, 0.05) is 17.1 Å². The maximum atomic E-state index is 12.2. The summed E-state index contributed by atoms with van der Waals surface area (Å²) in [5.41, 5.74) is 0.999. The molecule has 0 saturated heterocycles. The van der Waals surface area contributed by atoms with Crippen molar-refractivity contribution >= 4 is 33.6 Å². The van der Waals surface area contributed by atoms with Crippen LogP contribution < -0.4 is 0 Å². The summed E-state index contributed by atoms with van der Waals surface area (Å²) in [6, 6.07) is 11.7. The van der Waals surface area contributed by atoms with E-state index in [0.29, 0.717) is 17.5 Å². The summed E-state index contributed by atoms with van der Waals surface area (Å²) < 4.78 is 6.86. The van der Waals surface area contributed by atoms with Crippen LogP contribution >= 0.6 is 27.7 Å². The highest BCUT2D eigenvalue weighted by Crippen LogP contribution is 2.24. The minimum absolute atomic E-state index is 0.00186. The number of nitrogens with zero attached hydrogens (tertiary/aromatic N) is 3. The van der Waals surface area contributed by atoms with Crippen LogP contribution in [0.4, 0.5) is 0 Å². The molecular formula is C16H15BrN4O2S. The molecule has 2 aromatic heterocycles. The molecule has 3 rings (SSSR count). The van der Waals surface area contributed by atoms with Crippen molar-refractivity contribution in [1.29, 1.82) is 0 Å². The van der Waals surface area contributed by atoms with Crippen molar-refractivity contribution < 1.29 is 9.21 Å². The fourth-order valence-electron chi connectivity index (χ4n) is 2.06. The molecule has 0 bridgehead atoms. The number of nitrogens with one attached hydrogen (secondary N) is 1. The smallest absolute Gasteiger partial charge is 0.233 e. The number of halogens is 1. The number of aromatic nitrogens is 3. The van der Waals surface area contributed by atoms with Crippen molar-refractivity contribution in [3.8, 4) is 11.3 Å². The molecule has 8 heteroatoms. The third kappa shape index (κ3) is 4.27. The van der Waals surface area contributed by atoms with E-state index in [1.807, 2.05) is 36.4 Å². The number of furan rings is 1. The first-order valence-corrected chi connectivity index (χ1v) is 8.96. The summed E-state index contributed by atoms with van der Waals surface area (Å²) >= 11 is 4.74. The van der Waals surface area contributed by atoms with E-state index in [0.717, 1.165) is 21.6 Å². The highest BCUT2D eigenvalue weighted by Gasteiger charge is 2.13. The molecule has 1 aromatic carbocycles. The minimum Gasteiger partial charge on any atom is -0.459 e. The molecule has 0 saturated carbocycles. The van der Waals surface area contributed by atoms with Crippen LogP contribution in [0.25, 0.3) is 11.3 Å². The Kier molecular flexibility index (Phi) is 5.37. The number of benzene rings is 1. The van der Waals surface area contributed by atoms with Crippen molar-refractivity contribution in [1.82, 2.24) is 20.1 Å². The third-order valence-electron chi connectivity index (χ3n) is 3.33. The minimum atomic E-state index is -0.00186. The molecule has 0 radical (unpaired) electrons. The van der Waals surface area contributed by atoms with Crippen LogP contribution in [0.15, 0.2) is 56.8 Å². The van der Waals surface area contributed by atoms with Gasteiger partial charge in [-0.1, -0.05) is 39.8 Å². The van der Waals surface area contributed by atoms with E-state index in [4.69, 9.17) is 4.42 Å². The predicted molar refractivity (Wildman–Crippen MR) is 95.4 cm³/mol. The van der Waals surface area contributed by atoms with Crippen molar-refractivity contribution in [2.24, 2.45) is 0 Å². The maximum Gasteiger partial charge on any atom is 0.233 e. The molecule has 3 aromatic rings. The van der Waals surface area contributed by atoms with Gasteiger partial charge in [0.05, 0.1) is 12.3 Å². The van der Waals surface area contributed by atoms with Crippen LogP contribution in [0.2, 0.25) is 0 Å². The second-order valence-electron chi connectivity index (χ2n) is 5.10. The first-order chi connectivity index (χ1) is 11.6. The number of hydrogen-bond acceptors (Lipinski definition) is 5. The molecule has 1 N–H and O–H groups in total. The molecule has 124 valence electrons. The van der Waals surface area contributed by atoms with E-state index >= 15 is 0 Å². The number of amides is 1. The number of thioether (sulfide) groups is 1. The average molecular weight is 407 g/mol. The van der Waals surface area contributed by atoms with Gasteiger partial charge in [0.15, 0.2) is 5.16 Å². The SMILES string of the molecule is CN(Cc1ccc(-c2ccc(Br)cc2)o1)C(=O)CSc1ncn[nH]1. The highest BCUT2D eigenvalue weighted by atomic mass is 79.9. The van der Waals surface area contributed by atoms with Gasteiger partial charge < -0.3 is 9.32 Å². The van der Waals surface area contributed by atoms with Crippen LogP contribution in [-0.4, -0.2) is 38.8 Å². The van der Waals surface area contributed by atoms with E-state index < -0.39 is 0 Å². The van der Waals surface area contributed by atoms with Crippen LogP contribution in [-0.2, 0) is 11.3 Å². The Morgan fingerprint density at radius 3 is 2.79 bits per heavy atom. The molecule has 2 heterocycles. The summed E-state index contributed by atoms with van der Waals surface area (Å²) in [4.78, 5) is 17.8. The molecule has 0 unspecified atom stereocenters. The van der Waals surface area contributed by atoms with Crippen molar-refractivity contribution in [3.05, 3.63) is 53.0 Å². The van der Waals surface area contributed by atoms with Crippen molar-refractivity contribution in [2.45, 2.75) is 11.7 Å². The van der Waals surface area contributed by atoms with Gasteiger partial charge in [-0.25, -0.2) is 4.98 Å². The van der Waals surface area contributed by atoms with Crippen molar-refractivity contribution in [2.75, 3.05) is 12.8 Å². The van der Waals surface area contributed by atoms with E-state index in [1.165, 1.54) is 18.1 Å². The summed E-state index contributed by atoms with van der Waals surface area (Å²) in [6.07, 6.45) is 1.42. The normalized spacial score (nSPS) is 10.8. The zero-order valence-corrected chi connectivity index (χ0v) is 15.3. The molecule has 1 amide bonds. The molecule has 0 aliphatic rings. The van der Waals surface area contributed by atoms with Gasteiger partial charge in [0.2, 0.25) is 5.91 Å². The first kappa shape index (κ1) is 16.8. The number of aromatic amines is 1. The molecular weight excluding hydrogens is 392 g/mol. The molecule has 6 nitrogen and oxygen atoms in total. The van der Waals surface area contributed by atoms with Crippen LogP contribution in [0.3, 0.4) is 0 Å². The van der Waals surface area contributed by atoms with Gasteiger partial charge in [-0.05, 0) is 24.3 Å². The lowest BCUT2D eigenvalue weighted by molar-refractivity contribution is -0.127. The fraction of sp³-hybridized carbons (Fsp3) is 0.188. The molecule has 0 aliphatic carbocycles.